The third-order valence-corrected chi connectivity index (χ3v) is 4.06. The molecule has 1 aliphatic heterocycles. The van der Waals surface area contributed by atoms with Crippen LogP contribution >= 0.6 is 0 Å². The highest BCUT2D eigenvalue weighted by atomic mass is 16.2. The molecular weight excluding hydrogens is 250 g/mol. The average Bonchev–Trinajstić information content (AvgIpc) is 2.42. The molecule has 1 aromatic carbocycles. The summed E-state index contributed by atoms with van der Waals surface area (Å²) in [6.45, 7) is 8.60. The standard InChI is InChI=1S/C16H25N3O/c1-3-19(4-2)15(13-8-6-5-7-9-13)12-18-16(20)14-10-17-11-14/h5-9,14-15,17H,3-4,10-12H2,1-2H3,(H,18,20). The van der Waals surface area contributed by atoms with Crippen LogP contribution in [0.4, 0.5) is 0 Å². The predicted molar refractivity (Wildman–Crippen MR) is 81.5 cm³/mol. The van der Waals surface area contributed by atoms with Gasteiger partial charge in [-0.1, -0.05) is 44.2 Å². The summed E-state index contributed by atoms with van der Waals surface area (Å²) < 4.78 is 0. The highest BCUT2D eigenvalue weighted by molar-refractivity contribution is 5.80. The van der Waals surface area contributed by atoms with Crippen molar-refractivity contribution in [2.75, 3.05) is 32.7 Å². The number of nitrogens with zero attached hydrogens (tertiary/aromatic N) is 1. The minimum atomic E-state index is 0.156. The Balaban J connectivity index is 2.00. The second-order valence-corrected chi connectivity index (χ2v) is 5.25. The number of likely N-dealkylation sites (N-methyl/N-ethyl adjacent to an activating group) is 1. The molecule has 1 unspecified atom stereocenters. The molecule has 2 rings (SSSR count). The van der Waals surface area contributed by atoms with E-state index in [1.54, 1.807) is 0 Å². The molecule has 4 nitrogen and oxygen atoms in total. The lowest BCUT2D eigenvalue weighted by atomic mass is 10.0. The van der Waals surface area contributed by atoms with E-state index in [1.807, 2.05) is 6.07 Å². The Labute approximate surface area is 121 Å². The van der Waals surface area contributed by atoms with Crippen molar-refractivity contribution in [2.24, 2.45) is 5.92 Å². The lowest BCUT2D eigenvalue weighted by Gasteiger charge is -2.32. The summed E-state index contributed by atoms with van der Waals surface area (Å²) >= 11 is 0. The van der Waals surface area contributed by atoms with Crippen LogP contribution in [-0.4, -0.2) is 43.5 Å². The predicted octanol–water partition coefficient (Wildman–Crippen LogP) is 1.41. The molecule has 1 heterocycles. The van der Waals surface area contributed by atoms with E-state index in [0.29, 0.717) is 6.54 Å². The van der Waals surface area contributed by atoms with Gasteiger partial charge in [0.15, 0.2) is 0 Å². The Bertz CT molecular complexity index is 413. The Morgan fingerprint density at radius 2 is 1.95 bits per heavy atom. The van der Waals surface area contributed by atoms with Gasteiger partial charge in [-0.05, 0) is 18.7 Å². The van der Waals surface area contributed by atoms with Crippen molar-refractivity contribution in [3.63, 3.8) is 0 Å². The molecule has 1 saturated heterocycles. The normalized spacial score (nSPS) is 16.8. The number of amides is 1. The second-order valence-electron chi connectivity index (χ2n) is 5.25. The van der Waals surface area contributed by atoms with Crippen LogP contribution in [0.1, 0.15) is 25.5 Å². The molecule has 1 amide bonds. The van der Waals surface area contributed by atoms with Crippen molar-refractivity contribution in [1.29, 1.82) is 0 Å². The Kier molecular flexibility index (Phi) is 5.56. The maximum Gasteiger partial charge on any atom is 0.225 e. The molecule has 1 fully saturated rings. The smallest absolute Gasteiger partial charge is 0.225 e. The van der Waals surface area contributed by atoms with Crippen LogP contribution in [0.3, 0.4) is 0 Å². The topological polar surface area (TPSA) is 44.4 Å². The van der Waals surface area contributed by atoms with E-state index in [9.17, 15) is 4.79 Å². The molecule has 0 bridgehead atoms. The zero-order chi connectivity index (χ0) is 14.4. The Hall–Kier alpha value is -1.39. The van der Waals surface area contributed by atoms with Crippen molar-refractivity contribution in [3.8, 4) is 0 Å². The van der Waals surface area contributed by atoms with Crippen molar-refractivity contribution >= 4 is 5.91 Å². The third kappa shape index (κ3) is 3.58. The van der Waals surface area contributed by atoms with Crippen LogP contribution in [0.25, 0.3) is 0 Å². The fourth-order valence-electron chi connectivity index (χ4n) is 2.61. The molecule has 110 valence electrons. The van der Waals surface area contributed by atoms with Crippen molar-refractivity contribution < 1.29 is 4.79 Å². The van der Waals surface area contributed by atoms with Crippen LogP contribution < -0.4 is 10.6 Å². The van der Waals surface area contributed by atoms with E-state index in [1.165, 1.54) is 5.56 Å². The van der Waals surface area contributed by atoms with Gasteiger partial charge in [-0.25, -0.2) is 0 Å². The summed E-state index contributed by atoms with van der Waals surface area (Å²) in [5.41, 5.74) is 1.27. The molecule has 4 heteroatoms. The zero-order valence-corrected chi connectivity index (χ0v) is 12.4. The first-order valence-corrected chi connectivity index (χ1v) is 7.53. The van der Waals surface area contributed by atoms with E-state index >= 15 is 0 Å². The number of carbonyl (C=O) groups excluding carboxylic acids is 1. The minimum Gasteiger partial charge on any atom is -0.354 e. The Morgan fingerprint density at radius 3 is 2.45 bits per heavy atom. The van der Waals surface area contributed by atoms with Crippen LogP contribution in [0.15, 0.2) is 30.3 Å². The van der Waals surface area contributed by atoms with Crippen LogP contribution in [0.2, 0.25) is 0 Å². The highest BCUT2D eigenvalue weighted by Crippen LogP contribution is 2.19. The van der Waals surface area contributed by atoms with Gasteiger partial charge in [0.1, 0.15) is 0 Å². The van der Waals surface area contributed by atoms with Gasteiger partial charge in [0, 0.05) is 19.6 Å². The Morgan fingerprint density at radius 1 is 1.30 bits per heavy atom. The minimum absolute atomic E-state index is 0.156. The van der Waals surface area contributed by atoms with Gasteiger partial charge in [0.25, 0.3) is 0 Å². The first kappa shape index (κ1) is 15.0. The van der Waals surface area contributed by atoms with E-state index in [2.05, 4.69) is 53.6 Å². The molecule has 0 radical (unpaired) electrons. The molecule has 0 saturated carbocycles. The number of nitrogens with one attached hydrogen (secondary N) is 2. The quantitative estimate of drug-likeness (QED) is 0.791. The van der Waals surface area contributed by atoms with Gasteiger partial charge in [0.05, 0.1) is 12.0 Å². The molecule has 1 aliphatic rings. The van der Waals surface area contributed by atoms with E-state index in [4.69, 9.17) is 0 Å². The first-order valence-electron chi connectivity index (χ1n) is 7.53. The van der Waals surface area contributed by atoms with Crippen molar-refractivity contribution in [2.45, 2.75) is 19.9 Å². The molecule has 20 heavy (non-hydrogen) atoms. The van der Waals surface area contributed by atoms with Gasteiger partial charge < -0.3 is 10.6 Å². The maximum atomic E-state index is 12.0. The lowest BCUT2D eigenvalue weighted by Crippen LogP contribution is -2.52. The molecule has 0 aliphatic carbocycles. The number of hydrogen-bond acceptors (Lipinski definition) is 3. The highest BCUT2D eigenvalue weighted by Gasteiger charge is 2.26. The summed E-state index contributed by atoms with van der Waals surface area (Å²) in [5.74, 6) is 0.333. The molecule has 2 N–H and O–H groups in total. The monoisotopic (exact) mass is 275 g/mol. The summed E-state index contributed by atoms with van der Waals surface area (Å²) in [6, 6.07) is 10.7. The second kappa shape index (κ2) is 7.41. The maximum absolute atomic E-state index is 12.0. The molecule has 0 spiro atoms. The van der Waals surface area contributed by atoms with Crippen LogP contribution in [-0.2, 0) is 4.79 Å². The van der Waals surface area contributed by atoms with Crippen LogP contribution in [0.5, 0.6) is 0 Å². The van der Waals surface area contributed by atoms with Gasteiger partial charge in [-0.15, -0.1) is 0 Å². The SMILES string of the molecule is CCN(CC)C(CNC(=O)C1CNC1)c1ccccc1. The van der Waals surface area contributed by atoms with E-state index in [0.717, 1.165) is 26.2 Å². The van der Waals surface area contributed by atoms with E-state index in [-0.39, 0.29) is 17.9 Å². The van der Waals surface area contributed by atoms with Gasteiger partial charge in [-0.3, -0.25) is 9.69 Å². The largest absolute Gasteiger partial charge is 0.354 e. The molecule has 0 aromatic heterocycles. The van der Waals surface area contributed by atoms with Gasteiger partial charge in [0.2, 0.25) is 5.91 Å². The summed E-state index contributed by atoms with van der Waals surface area (Å²) in [6.07, 6.45) is 0. The average molecular weight is 275 g/mol. The number of benzene rings is 1. The number of rotatable bonds is 7. The summed E-state index contributed by atoms with van der Waals surface area (Å²) in [7, 11) is 0. The van der Waals surface area contributed by atoms with E-state index < -0.39 is 0 Å². The van der Waals surface area contributed by atoms with Gasteiger partial charge in [-0.2, -0.15) is 0 Å². The van der Waals surface area contributed by atoms with Gasteiger partial charge >= 0.3 is 0 Å². The molecule has 1 atom stereocenters. The fourth-order valence-corrected chi connectivity index (χ4v) is 2.61. The third-order valence-electron chi connectivity index (χ3n) is 4.06. The summed E-state index contributed by atoms with van der Waals surface area (Å²) in [4.78, 5) is 14.4. The number of carbonyl (C=O) groups is 1. The van der Waals surface area contributed by atoms with Crippen molar-refractivity contribution in [3.05, 3.63) is 35.9 Å². The lowest BCUT2D eigenvalue weighted by molar-refractivity contribution is -0.126. The van der Waals surface area contributed by atoms with Crippen LogP contribution in [0, 0.1) is 5.92 Å². The number of hydrogen-bond donors (Lipinski definition) is 2. The first-order chi connectivity index (χ1) is 9.76. The summed E-state index contributed by atoms with van der Waals surface area (Å²) in [5, 5.41) is 6.25. The zero-order valence-electron chi connectivity index (χ0n) is 12.4. The molecular formula is C16H25N3O. The van der Waals surface area contributed by atoms with Crippen molar-refractivity contribution in [1.82, 2.24) is 15.5 Å². The fraction of sp³-hybridized carbons (Fsp3) is 0.562. The molecule has 1 aromatic rings.